The summed E-state index contributed by atoms with van der Waals surface area (Å²) >= 11 is 0. The maximum Gasteiger partial charge on any atom is 0.416 e. The van der Waals surface area contributed by atoms with Crippen molar-refractivity contribution in [2.24, 2.45) is 11.7 Å². The first-order chi connectivity index (χ1) is 11.6. The van der Waals surface area contributed by atoms with Gasteiger partial charge in [0.25, 0.3) is 0 Å². The molecule has 1 aliphatic heterocycles. The summed E-state index contributed by atoms with van der Waals surface area (Å²) in [5, 5.41) is 2.53. The molecule has 0 aromatic heterocycles. The molecule has 1 aromatic rings. The van der Waals surface area contributed by atoms with Gasteiger partial charge < -0.3 is 20.9 Å². The van der Waals surface area contributed by atoms with E-state index >= 15 is 0 Å². The Kier molecular flexibility index (Phi) is 5.44. The summed E-state index contributed by atoms with van der Waals surface area (Å²) in [4.78, 5) is 26.8. The molecule has 1 fully saturated rings. The summed E-state index contributed by atoms with van der Waals surface area (Å²) in [5.41, 5.74) is 4.95. The van der Waals surface area contributed by atoms with Gasteiger partial charge in [-0.25, -0.2) is 4.79 Å². The summed E-state index contributed by atoms with van der Waals surface area (Å²) in [7, 11) is 3.34. The first kappa shape index (κ1) is 18.9. The van der Waals surface area contributed by atoms with Crippen LogP contribution in [-0.4, -0.2) is 44.0 Å². The van der Waals surface area contributed by atoms with Crippen molar-refractivity contribution in [2.45, 2.75) is 19.0 Å². The number of likely N-dealkylation sites (tertiary alicyclic amines) is 1. The van der Waals surface area contributed by atoms with Crippen LogP contribution in [0.3, 0.4) is 0 Å². The number of hydrogen-bond donors (Lipinski definition) is 2. The lowest BCUT2D eigenvalue weighted by Crippen LogP contribution is -2.45. The van der Waals surface area contributed by atoms with Crippen molar-refractivity contribution in [1.29, 1.82) is 0 Å². The number of urea groups is 1. The number of nitrogens with one attached hydrogen (secondary N) is 1. The van der Waals surface area contributed by atoms with Gasteiger partial charge in [0.15, 0.2) is 0 Å². The lowest BCUT2D eigenvalue weighted by Gasteiger charge is -2.31. The molecule has 1 heterocycles. The Morgan fingerprint density at radius 1 is 1.32 bits per heavy atom. The van der Waals surface area contributed by atoms with Crippen LogP contribution in [0, 0.1) is 5.92 Å². The fourth-order valence-electron chi connectivity index (χ4n) is 2.79. The van der Waals surface area contributed by atoms with Crippen molar-refractivity contribution in [3.05, 3.63) is 23.8 Å². The third-order valence-electron chi connectivity index (χ3n) is 4.16. The van der Waals surface area contributed by atoms with Crippen molar-refractivity contribution >= 4 is 23.3 Å². The van der Waals surface area contributed by atoms with Crippen LogP contribution in [0.5, 0.6) is 0 Å². The topological polar surface area (TPSA) is 78.7 Å². The highest BCUT2D eigenvalue weighted by molar-refractivity contribution is 5.94. The molecule has 138 valence electrons. The monoisotopic (exact) mass is 358 g/mol. The van der Waals surface area contributed by atoms with Gasteiger partial charge in [-0.2, -0.15) is 13.2 Å². The summed E-state index contributed by atoms with van der Waals surface area (Å²) in [6.07, 6.45) is -3.29. The fourth-order valence-corrected chi connectivity index (χ4v) is 2.79. The number of primary amides is 1. The molecule has 0 spiro atoms. The third kappa shape index (κ3) is 4.55. The molecule has 1 aromatic carbocycles. The normalized spacial score (nSPS) is 18.0. The van der Waals surface area contributed by atoms with Crippen molar-refractivity contribution in [3.63, 3.8) is 0 Å². The number of anilines is 2. The van der Waals surface area contributed by atoms with Gasteiger partial charge >= 0.3 is 12.2 Å². The van der Waals surface area contributed by atoms with Crippen molar-refractivity contribution in [2.75, 3.05) is 37.4 Å². The molecule has 0 bridgehead atoms. The van der Waals surface area contributed by atoms with Crippen LogP contribution < -0.4 is 16.0 Å². The van der Waals surface area contributed by atoms with Gasteiger partial charge in [-0.1, -0.05) is 0 Å². The number of rotatable bonds is 3. The van der Waals surface area contributed by atoms with Crippen LogP contribution in [0.2, 0.25) is 0 Å². The maximum atomic E-state index is 12.9. The predicted octanol–water partition coefficient (Wildman–Crippen LogP) is 2.50. The van der Waals surface area contributed by atoms with Crippen LogP contribution in [0.1, 0.15) is 18.4 Å². The van der Waals surface area contributed by atoms with Crippen LogP contribution in [-0.2, 0) is 11.0 Å². The van der Waals surface area contributed by atoms with E-state index in [1.54, 1.807) is 19.0 Å². The first-order valence-electron chi connectivity index (χ1n) is 7.83. The molecule has 0 radical (unpaired) electrons. The van der Waals surface area contributed by atoms with Gasteiger partial charge in [0, 0.05) is 27.2 Å². The Hall–Kier alpha value is -2.45. The number of carbonyl (C=O) groups excluding carboxylic acids is 2. The van der Waals surface area contributed by atoms with Crippen LogP contribution in [0.25, 0.3) is 0 Å². The van der Waals surface area contributed by atoms with E-state index in [9.17, 15) is 22.8 Å². The summed E-state index contributed by atoms with van der Waals surface area (Å²) in [5.74, 6) is -0.917. The van der Waals surface area contributed by atoms with Crippen molar-refractivity contribution in [1.82, 2.24) is 4.90 Å². The molecule has 3 N–H and O–H groups in total. The number of alkyl halides is 3. The molecule has 1 atom stereocenters. The average molecular weight is 358 g/mol. The minimum absolute atomic E-state index is 0.0611. The Bertz CT molecular complexity index is 661. The van der Waals surface area contributed by atoms with Gasteiger partial charge in [-0.05, 0) is 31.0 Å². The number of benzene rings is 1. The highest BCUT2D eigenvalue weighted by Gasteiger charge is 2.32. The predicted molar refractivity (Wildman–Crippen MR) is 88.3 cm³/mol. The minimum atomic E-state index is -4.51. The van der Waals surface area contributed by atoms with E-state index in [2.05, 4.69) is 5.32 Å². The standard InChI is InChI=1S/C16H21F3N4O2/c1-22(2)13-6-5-11(16(17,18)19)8-12(13)21-15(25)23-7-3-4-10(9-23)14(20)24/h5-6,8,10H,3-4,7,9H2,1-2H3,(H2,20,24)(H,21,25)/t10-/m1/s1. The molecular weight excluding hydrogens is 337 g/mol. The van der Waals surface area contributed by atoms with E-state index in [1.165, 1.54) is 11.0 Å². The zero-order valence-corrected chi connectivity index (χ0v) is 14.1. The molecule has 6 nitrogen and oxygen atoms in total. The quantitative estimate of drug-likeness (QED) is 0.871. The summed E-state index contributed by atoms with van der Waals surface area (Å²) < 4.78 is 38.8. The van der Waals surface area contributed by atoms with Crippen molar-refractivity contribution in [3.8, 4) is 0 Å². The number of carbonyl (C=O) groups is 2. The molecule has 1 saturated heterocycles. The Labute approximate surface area is 143 Å². The molecule has 0 unspecified atom stereocenters. The minimum Gasteiger partial charge on any atom is -0.376 e. The van der Waals surface area contributed by atoms with Crippen LogP contribution in [0.4, 0.5) is 29.3 Å². The van der Waals surface area contributed by atoms with Gasteiger partial charge in [-0.15, -0.1) is 0 Å². The number of piperidine rings is 1. The summed E-state index contributed by atoms with van der Waals surface area (Å²) in [6, 6.07) is 2.63. The molecule has 0 saturated carbocycles. The van der Waals surface area contributed by atoms with Crippen LogP contribution in [0.15, 0.2) is 18.2 Å². The fraction of sp³-hybridized carbons (Fsp3) is 0.500. The number of amides is 3. The first-order valence-corrected chi connectivity index (χ1v) is 7.83. The zero-order valence-electron chi connectivity index (χ0n) is 14.1. The lowest BCUT2D eigenvalue weighted by molar-refractivity contribution is -0.137. The molecule has 2 rings (SSSR count). The highest BCUT2D eigenvalue weighted by atomic mass is 19.4. The second-order valence-electron chi connectivity index (χ2n) is 6.24. The molecule has 3 amide bonds. The molecule has 1 aliphatic rings. The lowest BCUT2D eigenvalue weighted by atomic mass is 9.98. The smallest absolute Gasteiger partial charge is 0.376 e. The van der Waals surface area contributed by atoms with E-state index in [0.29, 0.717) is 25.1 Å². The molecular formula is C16H21F3N4O2. The van der Waals surface area contributed by atoms with Gasteiger partial charge in [0.2, 0.25) is 5.91 Å². The van der Waals surface area contributed by atoms with Gasteiger partial charge in [-0.3, -0.25) is 4.79 Å². The van der Waals surface area contributed by atoms with Gasteiger partial charge in [0.05, 0.1) is 22.9 Å². The highest BCUT2D eigenvalue weighted by Crippen LogP contribution is 2.35. The second-order valence-corrected chi connectivity index (χ2v) is 6.24. The van der Waals surface area contributed by atoms with Crippen molar-refractivity contribution < 1.29 is 22.8 Å². The Morgan fingerprint density at radius 3 is 2.56 bits per heavy atom. The zero-order chi connectivity index (χ0) is 18.8. The number of nitrogens with zero attached hydrogens (tertiary/aromatic N) is 2. The van der Waals surface area contributed by atoms with E-state index in [0.717, 1.165) is 12.1 Å². The molecule has 0 aliphatic carbocycles. The Morgan fingerprint density at radius 2 is 2.00 bits per heavy atom. The molecule has 9 heteroatoms. The molecule has 25 heavy (non-hydrogen) atoms. The average Bonchev–Trinajstić information content (AvgIpc) is 2.53. The third-order valence-corrected chi connectivity index (χ3v) is 4.16. The van der Waals surface area contributed by atoms with Gasteiger partial charge in [0.1, 0.15) is 0 Å². The Balaban J connectivity index is 2.22. The van der Waals surface area contributed by atoms with E-state index in [4.69, 9.17) is 5.73 Å². The van der Waals surface area contributed by atoms with E-state index in [1.807, 2.05) is 0 Å². The van der Waals surface area contributed by atoms with Crippen LogP contribution >= 0.6 is 0 Å². The SMILES string of the molecule is CN(C)c1ccc(C(F)(F)F)cc1NC(=O)N1CCC[C@@H](C(N)=O)C1. The second kappa shape index (κ2) is 7.20. The maximum absolute atomic E-state index is 12.9. The van der Waals surface area contributed by atoms with E-state index in [-0.39, 0.29) is 12.2 Å². The number of hydrogen-bond acceptors (Lipinski definition) is 3. The number of halogens is 3. The van der Waals surface area contributed by atoms with E-state index < -0.39 is 29.6 Å². The largest absolute Gasteiger partial charge is 0.416 e. The number of nitrogens with two attached hydrogens (primary N) is 1. The summed E-state index contributed by atoms with van der Waals surface area (Å²) in [6.45, 7) is 0.587.